The van der Waals surface area contributed by atoms with Gasteiger partial charge in [-0.3, -0.25) is 4.79 Å². The molecule has 0 saturated heterocycles. The summed E-state index contributed by atoms with van der Waals surface area (Å²) in [5, 5.41) is 10.4. The Bertz CT molecular complexity index is 445. The van der Waals surface area contributed by atoms with Crippen LogP contribution in [0.3, 0.4) is 0 Å². The zero-order valence-electron chi connectivity index (χ0n) is 11.1. The zero-order valence-corrected chi connectivity index (χ0v) is 11.1. The molecular formula is C14H18O4. The third kappa shape index (κ3) is 2.96. The maximum absolute atomic E-state index is 12.0. The Morgan fingerprint density at radius 2 is 1.61 bits per heavy atom. The van der Waals surface area contributed by atoms with Gasteiger partial charge in [-0.25, -0.2) is 4.79 Å². The fourth-order valence-corrected chi connectivity index (χ4v) is 1.50. The molecule has 0 aromatic heterocycles. The molecule has 18 heavy (non-hydrogen) atoms. The lowest BCUT2D eigenvalue weighted by molar-refractivity contribution is -0.180. The van der Waals surface area contributed by atoms with E-state index in [2.05, 4.69) is 0 Å². The van der Waals surface area contributed by atoms with Crippen molar-refractivity contribution in [3.8, 4) is 0 Å². The largest absolute Gasteiger partial charge is 0.457 e. The van der Waals surface area contributed by atoms with Crippen LogP contribution in [0, 0.1) is 0 Å². The highest BCUT2D eigenvalue weighted by molar-refractivity contribution is 6.06. The molecule has 1 atom stereocenters. The maximum Gasteiger partial charge on any atom is 0.351 e. The summed E-state index contributed by atoms with van der Waals surface area (Å²) in [7, 11) is 0. The molecule has 1 rings (SSSR count). The van der Waals surface area contributed by atoms with E-state index in [0.29, 0.717) is 0 Å². The minimum absolute atomic E-state index is 0.215. The van der Waals surface area contributed by atoms with Crippen molar-refractivity contribution in [1.82, 2.24) is 0 Å². The van der Waals surface area contributed by atoms with E-state index in [4.69, 9.17) is 4.74 Å². The molecule has 0 bridgehead atoms. The number of carbonyl (C=O) groups is 2. The number of ketones is 1. The standard InChI is InChI=1S/C14H18O4/c1-10(15)14(17,11-8-6-5-7-9-11)12(16)18-13(2,3)4/h5-9,17H,1-4H3/t14-/m0/s1. The predicted molar refractivity (Wildman–Crippen MR) is 66.9 cm³/mol. The van der Waals surface area contributed by atoms with Gasteiger partial charge in [-0.05, 0) is 27.7 Å². The van der Waals surface area contributed by atoms with Gasteiger partial charge in [0.25, 0.3) is 0 Å². The lowest BCUT2D eigenvalue weighted by atomic mass is 9.90. The summed E-state index contributed by atoms with van der Waals surface area (Å²) in [6, 6.07) is 8.07. The van der Waals surface area contributed by atoms with Crippen molar-refractivity contribution in [3.05, 3.63) is 35.9 Å². The average Bonchev–Trinajstić information content (AvgIpc) is 2.26. The Morgan fingerprint density at radius 3 is 2.00 bits per heavy atom. The number of rotatable bonds is 3. The maximum atomic E-state index is 12.0. The Kier molecular flexibility index (Phi) is 3.92. The smallest absolute Gasteiger partial charge is 0.351 e. The van der Waals surface area contributed by atoms with Crippen molar-refractivity contribution < 1.29 is 19.4 Å². The lowest BCUT2D eigenvalue weighted by Crippen LogP contribution is -2.46. The molecule has 0 fully saturated rings. The summed E-state index contributed by atoms with van der Waals surface area (Å²) >= 11 is 0. The van der Waals surface area contributed by atoms with Crippen molar-refractivity contribution >= 4 is 11.8 Å². The molecule has 0 saturated carbocycles. The van der Waals surface area contributed by atoms with Crippen LogP contribution in [0.1, 0.15) is 33.3 Å². The van der Waals surface area contributed by atoms with E-state index in [-0.39, 0.29) is 5.56 Å². The van der Waals surface area contributed by atoms with Crippen LogP contribution in [0.2, 0.25) is 0 Å². The van der Waals surface area contributed by atoms with Crippen molar-refractivity contribution in [2.75, 3.05) is 0 Å². The minimum atomic E-state index is -2.24. The summed E-state index contributed by atoms with van der Waals surface area (Å²) in [5.41, 5.74) is -2.80. The Hall–Kier alpha value is -1.68. The van der Waals surface area contributed by atoms with Gasteiger partial charge in [-0.1, -0.05) is 30.3 Å². The van der Waals surface area contributed by atoms with Gasteiger partial charge in [0.1, 0.15) is 5.60 Å². The fraction of sp³-hybridized carbons (Fsp3) is 0.429. The molecule has 0 aliphatic heterocycles. The molecule has 1 N–H and O–H groups in total. The second-order valence-corrected chi connectivity index (χ2v) is 5.13. The molecule has 98 valence electrons. The third-order valence-electron chi connectivity index (χ3n) is 2.40. The highest BCUT2D eigenvalue weighted by Gasteiger charge is 2.46. The van der Waals surface area contributed by atoms with Crippen molar-refractivity contribution in [1.29, 1.82) is 0 Å². The molecule has 4 heteroatoms. The van der Waals surface area contributed by atoms with Crippen LogP contribution in [-0.4, -0.2) is 22.5 Å². The summed E-state index contributed by atoms with van der Waals surface area (Å²) in [4.78, 5) is 23.7. The van der Waals surface area contributed by atoms with Crippen LogP contribution in [0.5, 0.6) is 0 Å². The first kappa shape index (κ1) is 14.4. The quantitative estimate of drug-likeness (QED) is 0.656. The van der Waals surface area contributed by atoms with E-state index >= 15 is 0 Å². The first-order chi connectivity index (χ1) is 8.18. The number of hydrogen-bond acceptors (Lipinski definition) is 4. The van der Waals surface area contributed by atoms with Crippen LogP contribution in [0.15, 0.2) is 30.3 Å². The molecule has 0 heterocycles. The first-order valence-corrected chi connectivity index (χ1v) is 5.70. The zero-order chi connectivity index (χ0) is 14.0. The highest BCUT2D eigenvalue weighted by Crippen LogP contribution is 2.26. The van der Waals surface area contributed by atoms with Gasteiger partial charge < -0.3 is 9.84 Å². The molecule has 0 aliphatic rings. The van der Waals surface area contributed by atoms with Gasteiger partial charge in [-0.2, -0.15) is 0 Å². The topological polar surface area (TPSA) is 63.6 Å². The van der Waals surface area contributed by atoms with Gasteiger partial charge in [0, 0.05) is 5.56 Å². The van der Waals surface area contributed by atoms with Crippen molar-refractivity contribution in [2.45, 2.75) is 38.9 Å². The lowest BCUT2D eigenvalue weighted by Gasteiger charge is -2.28. The van der Waals surface area contributed by atoms with E-state index in [1.807, 2.05) is 0 Å². The number of benzene rings is 1. The second-order valence-electron chi connectivity index (χ2n) is 5.13. The van der Waals surface area contributed by atoms with E-state index in [0.717, 1.165) is 6.92 Å². The van der Waals surface area contributed by atoms with Gasteiger partial charge >= 0.3 is 5.97 Å². The number of carbonyl (C=O) groups excluding carboxylic acids is 2. The summed E-state index contributed by atoms with van der Waals surface area (Å²) < 4.78 is 5.11. The highest BCUT2D eigenvalue weighted by atomic mass is 16.6. The van der Waals surface area contributed by atoms with E-state index in [1.165, 1.54) is 12.1 Å². The number of ether oxygens (including phenoxy) is 1. The monoisotopic (exact) mass is 250 g/mol. The van der Waals surface area contributed by atoms with Crippen LogP contribution in [0.4, 0.5) is 0 Å². The van der Waals surface area contributed by atoms with Gasteiger partial charge in [0.05, 0.1) is 0 Å². The predicted octanol–water partition coefficient (Wildman–Crippen LogP) is 1.80. The minimum Gasteiger partial charge on any atom is -0.457 e. The second kappa shape index (κ2) is 4.90. The van der Waals surface area contributed by atoms with E-state index in [9.17, 15) is 14.7 Å². The fourth-order valence-electron chi connectivity index (χ4n) is 1.50. The van der Waals surface area contributed by atoms with Gasteiger partial charge in [0.2, 0.25) is 5.60 Å². The van der Waals surface area contributed by atoms with Crippen molar-refractivity contribution in [3.63, 3.8) is 0 Å². The SMILES string of the molecule is CC(=O)[C@@](O)(C(=O)OC(C)(C)C)c1ccccc1. The first-order valence-electron chi connectivity index (χ1n) is 5.70. The number of hydrogen-bond donors (Lipinski definition) is 1. The summed E-state index contributed by atoms with van der Waals surface area (Å²) in [5.74, 6) is -1.61. The van der Waals surface area contributed by atoms with Crippen molar-refractivity contribution in [2.24, 2.45) is 0 Å². The van der Waals surface area contributed by atoms with Crippen LogP contribution < -0.4 is 0 Å². The summed E-state index contributed by atoms with van der Waals surface area (Å²) in [6.45, 7) is 6.19. The van der Waals surface area contributed by atoms with Gasteiger partial charge in [-0.15, -0.1) is 0 Å². The molecule has 1 aromatic carbocycles. The average molecular weight is 250 g/mol. The molecule has 0 amide bonds. The molecular weight excluding hydrogens is 232 g/mol. The third-order valence-corrected chi connectivity index (χ3v) is 2.40. The molecule has 0 spiro atoms. The van der Waals surface area contributed by atoms with Gasteiger partial charge in [0.15, 0.2) is 5.78 Å². The van der Waals surface area contributed by atoms with Crippen LogP contribution in [-0.2, 0) is 19.9 Å². The molecule has 1 aromatic rings. The Labute approximate surface area is 107 Å². The molecule has 0 aliphatic carbocycles. The van der Waals surface area contributed by atoms with Crippen LogP contribution in [0.25, 0.3) is 0 Å². The number of Topliss-reactive ketones (excluding diaryl/α,β-unsaturated/α-hetero) is 1. The molecule has 0 unspecified atom stereocenters. The Balaban J connectivity index is 3.17. The normalized spacial score (nSPS) is 14.7. The Morgan fingerprint density at radius 1 is 1.11 bits per heavy atom. The van der Waals surface area contributed by atoms with Crippen LogP contribution >= 0.6 is 0 Å². The molecule has 0 radical (unpaired) electrons. The van der Waals surface area contributed by atoms with E-state index < -0.39 is 23.0 Å². The van der Waals surface area contributed by atoms with E-state index in [1.54, 1.807) is 39.0 Å². The molecule has 4 nitrogen and oxygen atoms in total. The number of aliphatic hydroxyl groups is 1. The summed E-state index contributed by atoms with van der Waals surface area (Å²) in [6.07, 6.45) is 0. The number of esters is 1.